The van der Waals surface area contributed by atoms with Crippen LogP contribution >= 0.6 is 0 Å². The summed E-state index contributed by atoms with van der Waals surface area (Å²) in [5.74, 6) is 0.671. The lowest BCUT2D eigenvalue weighted by atomic mass is 9.89. The van der Waals surface area contributed by atoms with Gasteiger partial charge in [-0.05, 0) is 61.5 Å². The number of benzene rings is 1. The molecule has 1 aromatic carbocycles. The number of aromatic nitrogens is 4. The first-order valence-electron chi connectivity index (χ1n) is 9.48. The molecule has 0 atom stereocenters. The predicted molar refractivity (Wildman–Crippen MR) is 105 cm³/mol. The molecule has 1 aliphatic rings. The molecule has 0 radical (unpaired) electrons. The molecule has 5 rings (SSSR count). The highest BCUT2D eigenvalue weighted by atomic mass is 14.9. The SMILES string of the molecule is CCc1c(-c2c[nH]c3ncncc23)[nH]c2ccc(C3CCNCC3)cc12. The summed E-state index contributed by atoms with van der Waals surface area (Å²) < 4.78 is 0. The molecule has 5 nitrogen and oxygen atoms in total. The maximum absolute atomic E-state index is 4.33. The Balaban J connectivity index is 1.66. The number of rotatable bonds is 3. The fourth-order valence-electron chi connectivity index (χ4n) is 4.34. The number of fused-ring (bicyclic) bond motifs is 2. The van der Waals surface area contributed by atoms with Crippen molar-refractivity contribution in [2.24, 2.45) is 0 Å². The first-order valence-corrected chi connectivity index (χ1v) is 9.48. The Bertz CT molecular complexity index is 1070. The van der Waals surface area contributed by atoms with Crippen LogP contribution in [0.1, 0.15) is 36.8 Å². The van der Waals surface area contributed by atoms with Crippen LogP contribution in [0.15, 0.2) is 36.9 Å². The molecule has 4 heterocycles. The van der Waals surface area contributed by atoms with Crippen LogP contribution in [-0.2, 0) is 6.42 Å². The number of hydrogen-bond acceptors (Lipinski definition) is 3. The smallest absolute Gasteiger partial charge is 0.141 e. The second-order valence-electron chi connectivity index (χ2n) is 7.15. The van der Waals surface area contributed by atoms with E-state index in [1.165, 1.54) is 40.6 Å². The highest BCUT2D eigenvalue weighted by Crippen LogP contribution is 2.36. The van der Waals surface area contributed by atoms with Gasteiger partial charge >= 0.3 is 0 Å². The van der Waals surface area contributed by atoms with Crippen molar-refractivity contribution in [3.63, 3.8) is 0 Å². The van der Waals surface area contributed by atoms with Gasteiger partial charge < -0.3 is 15.3 Å². The second-order valence-corrected chi connectivity index (χ2v) is 7.15. The molecule has 132 valence electrons. The molecule has 1 saturated heterocycles. The minimum atomic E-state index is 0.671. The molecule has 3 N–H and O–H groups in total. The van der Waals surface area contributed by atoms with Gasteiger partial charge in [-0.15, -0.1) is 0 Å². The first-order chi connectivity index (χ1) is 12.8. The van der Waals surface area contributed by atoms with E-state index in [4.69, 9.17) is 0 Å². The number of aromatic amines is 2. The van der Waals surface area contributed by atoms with Gasteiger partial charge in [-0.2, -0.15) is 0 Å². The summed E-state index contributed by atoms with van der Waals surface area (Å²) >= 11 is 0. The van der Waals surface area contributed by atoms with Crippen LogP contribution in [-0.4, -0.2) is 33.0 Å². The fourth-order valence-corrected chi connectivity index (χ4v) is 4.34. The van der Waals surface area contributed by atoms with Crippen molar-refractivity contribution in [3.8, 4) is 11.3 Å². The highest BCUT2D eigenvalue weighted by molar-refractivity contribution is 5.98. The largest absolute Gasteiger partial charge is 0.354 e. The molecule has 26 heavy (non-hydrogen) atoms. The van der Waals surface area contributed by atoms with Crippen LogP contribution in [0, 0.1) is 0 Å². The van der Waals surface area contributed by atoms with Crippen molar-refractivity contribution in [2.45, 2.75) is 32.1 Å². The molecule has 1 aliphatic heterocycles. The lowest BCUT2D eigenvalue weighted by molar-refractivity contribution is 0.460. The third-order valence-corrected chi connectivity index (χ3v) is 5.72. The average molecular weight is 345 g/mol. The van der Waals surface area contributed by atoms with Crippen LogP contribution < -0.4 is 5.32 Å². The van der Waals surface area contributed by atoms with Crippen molar-refractivity contribution in [3.05, 3.63) is 48.0 Å². The lowest BCUT2D eigenvalue weighted by Gasteiger charge is -2.23. The van der Waals surface area contributed by atoms with Crippen molar-refractivity contribution in [1.82, 2.24) is 25.3 Å². The maximum Gasteiger partial charge on any atom is 0.141 e. The van der Waals surface area contributed by atoms with Crippen LogP contribution in [0.25, 0.3) is 33.2 Å². The van der Waals surface area contributed by atoms with Gasteiger partial charge in [-0.3, -0.25) is 0 Å². The summed E-state index contributed by atoms with van der Waals surface area (Å²) in [6, 6.07) is 6.96. The van der Waals surface area contributed by atoms with E-state index >= 15 is 0 Å². The molecule has 0 unspecified atom stereocenters. The number of aryl methyl sites for hydroxylation is 1. The molecule has 3 aromatic heterocycles. The molecule has 1 fully saturated rings. The number of H-pyrrole nitrogens is 2. The first kappa shape index (κ1) is 15.6. The Kier molecular flexibility index (Phi) is 3.75. The topological polar surface area (TPSA) is 69.4 Å². The van der Waals surface area contributed by atoms with Crippen LogP contribution in [0.2, 0.25) is 0 Å². The van der Waals surface area contributed by atoms with Crippen LogP contribution in [0.5, 0.6) is 0 Å². The van der Waals surface area contributed by atoms with E-state index in [-0.39, 0.29) is 0 Å². The lowest BCUT2D eigenvalue weighted by Crippen LogP contribution is -2.26. The Labute approximate surface area is 152 Å². The summed E-state index contributed by atoms with van der Waals surface area (Å²) in [7, 11) is 0. The van der Waals surface area contributed by atoms with Gasteiger partial charge in [0.2, 0.25) is 0 Å². The average Bonchev–Trinajstić information content (AvgIpc) is 3.28. The molecular weight excluding hydrogens is 322 g/mol. The van der Waals surface area contributed by atoms with Gasteiger partial charge in [-0.1, -0.05) is 13.0 Å². The molecule has 4 aromatic rings. The third-order valence-electron chi connectivity index (χ3n) is 5.72. The fraction of sp³-hybridized carbons (Fsp3) is 0.333. The van der Waals surface area contributed by atoms with Gasteiger partial charge in [0.05, 0.1) is 5.69 Å². The van der Waals surface area contributed by atoms with E-state index in [1.54, 1.807) is 6.33 Å². The van der Waals surface area contributed by atoms with Gasteiger partial charge in [0.1, 0.15) is 12.0 Å². The van der Waals surface area contributed by atoms with Gasteiger partial charge in [0.25, 0.3) is 0 Å². The van der Waals surface area contributed by atoms with Gasteiger partial charge in [0, 0.05) is 34.2 Å². The predicted octanol–water partition coefficient (Wildman–Crippen LogP) is 4.14. The van der Waals surface area contributed by atoms with E-state index in [1.807, 2.05) is 12.4 Å². The summed E-state index contributed by atoms with van der Waals surface area (Å²) in [6.07, 6.45) is 8.95. The van der Waals surface area contributed by atoms with E-state index in [2.05, 4.69) is 50.4 Å². The highest BCUT2D eigenvalue weighted by Gasteiger charge is 2.19. The van der Waals surface area contributed by atoms with Crippen molar-refractivity contribution in [2.75, 3.05) is 13.1 Å². The molecule has 0 aliphatic carbocycles. The minimum Gasteiger partial charge on any atom is -0.354 e. The zero-order valence-corrected chi connectivity index (χ0v) is 15.0. The normalized spacial score (nSPS) is 15.9. The zero-order valence-electron chi connectivity index (χ0n) is 15.0. The Hall–Kier alpha value is -2.66. The molecule has 0 amide bonds. The third kappa shape index (κ3) is 2.42. The Morgan fingerprint density at radius 2 is 2.04 bits per heavy atom. The van der Waals surface area contributed by atoms with Crippen LogP contribution in [0.3, 0.4) is 0 Å². The number of nitrogens with zero attached hydrogens (tertiary/aromatic N) is 2. The van der Waals surface area contributed by atoms with Crippen molar-refractivity contribution in [1.29, 1.82) is 0 Å². The summed E-state index contributed by atoms with van der Waals surface area (Å²) in [5.41, 5.74) is 7.27. The monoisotopic (exact) mass is 345 g/mol. The summed E-state index contributed by atoms with van der Waals surface area (Å²) in [6.45, 7) is 4.47. The molecular formula is C21H23N5. The van der Waals surface area contributed by atoms with E-state index in [0.29, 0.717) is 5.92 Å². The molecule has 0 saturated carbocycles. The van der Waals surface area contributed by atoms with Gasteiger partial charge in [-0.25, -0.2) is 9.97 Å². The van der Waals surface area contributed by atoms with E-state index in [9.17, 15) is 0 Å². The van der Waals surface area contributed by atoms with Crippen molar-refractivity contribution >= 4 is 21.9 Å². The number of hydrogen-bond donors (Lipinski definition) is 3. The number of nitrogens with one attached hydrogen (secondary N) is 3. The van der Waals surface area contributed by atoms with Crippen LogP contribution in [0.4, 0.5) is 0 Å². The number of piperidine rings is 1. The Morgan fingerprint density at radius 3 is 2.88 bits per heavy atom. The quantitative estimate of drug-likeness (QED) is 0.523. The van der Waals surface area contributed by atoms with Crippen molar-refractivity contribution < 1.29 is 0 Å². The summed E-state index contributed by atoms with van der Waals surface area (Å²) in [4.78, 5) is 15.4. The second kappa shape index (κ2) is 6.25. The maximum atomic E-state index is 4.33. The minimum absolute atomic E-state index is 0.671. The zero-order chi connectivity index (χ0) is 17.5. The molecule has 5 heteroatoms. The standard InChI is InChI=1S/C21H23N5/c1-2-15-16-9-14(13-5-7-22-8-6-13)3-4-19(16)26-20(15)17-11-24-21-18(17)10-23-12-25-21/h3-4,9-13,22,26H,2,5-8H2,1H3,(H,23,24,25). The molecule has 0 spiro atoms. The van der Waals surface area contributed by atoms with E-state index < -0.39 is 0 Å². The Morgan fingerprint density at radius 1 is 1.15 bits per heavy atom. The summed E-state index contributed by atoms with van der Waals surface area (Å²) in [5, 5.41) is 5.88. The van der Waals surface area contributed by atoms with Gasteiger partial charge in [0.15, 0.2) is 0 Å². The molecule has 0 bridgehead atoms. The van der Waals surface area contributed by atoms with E-state index in [0.717, 1.165) is 36.1 Å².